The zero-order chi connectivity index (χ0) is 10.6. The average molecular weight is 182 g/mol. The molecule has 1 heteroatoms. The van der Waals surface area contributed by atoms with E-state index in [9.17, 15) is 5.11 Å². The van der Waals surface area contributed by atoms with E-state index in [-0.39, 0.29) is 0 Å². The molecule has 13 heavy (non-hydrogen) atoms. The van der Waals surface area contributed by atoms with Gasteiger partial charge in [0.15, 0.2) is 0 Å². The third-order valence-electron chi connectivity index (χ3n) is 2.75. The summed E-state index contributed by atoms with van der Waals surface area (Å²) in [7, 11) is 0. The van der Waals surface area contributed by atoms with Crippen LogP contribution in [0.25, 0.3) is 0 Å². The van der Waals surface area contributed by atoms with E-state index < -0.39 is 5.60 Å². The van der Waals surface area contributed by atoms with E-state index in [0.717, 1.165) is 24.0 Å². The Labute approximate surface area is 82.2 Å². The molecule has 0 fully saturated rings. The van der Waals surface area contributed by atoms with Crippen LogP contribution >= 0.6 is 0 Å². The fraction of sp³-hybridized carbons (Fsp3) is 0.667. The molecule has 0 amide bonds. The van der Waals surface area contributed by atoms with Gasteiger partial charge in [0.05, 0.1) is 0 Å². The van der Waals surface area contributed by atoms with Gasteiger partial charge in [0.25, 0.3) is 0 Å². The number of hydrogen-bond donors (Lipinski definition) is 1. The Morgan fingerprint density at radius 3 is 1.92 bits per heavy atom. The molecular weight excluding hydrogens is 160 g/mol. The van der Waals surface area contributed by atoms with Crippen molar-refractivity contribution in [3.63, 3.8) is 0 Å². The van der Waals surface area contributed by atoms with Crippen LogP contribution in [0.2, 0.25) is 0 Å². The van der Waals surface area contributed by atoms with Crippen molar-refractivity contribution in [3.05, 3.63) is 24.3 Å². The maximum absolute atomic E-state index is 10.3. The summed E-state index contributed by atoms with van der Waals surface area (Å²) in [6.07, 6.45) is 1.80. The largest absolute Gasteiger partial charge is 0.381 e. The molecule has 0 aromatic heterocycles. The van der Waals surface area contributed by atoms with Crippen molar-refractivity contribution in [2.75, 3.05) is 0 Å². The number of rotatable bonds is 5. The van der Waals surface area contributed by atoms with E-state index in [2.05, 4.69) is 27.0 Å². The lowest BCUT2D eigenvalue weighted by Gasteiger charge is -2.31. The fourth-order valence-corrected chi connectivity index (χ4v) is 1.36. The Balaban J connectivity index is 4.61. The molecule has 1 nitrogen and oxygen atoms in total. The molecule has 0 unspecified atom stereocenters. The molecule has 0 aliphatic carbocycles. The lowest BCUT2D eigenvalue weighted by atomic mass is 9.81. The molecule has 0 spiro atoms. The van der Waals surface area contributed by atoms with E-state index in [1.807, 2.05) is 13.8 Å². The minimum absolute atomic E-state index is 0.499. The molecule has 0 radical (unpaired) electrons. The van der Waals surface area contributed by atoms with Crippen LogP contribution in [0.5, 0.6) is 0 Å². The molecule has 0 saturated carbocycles. The minimum Gasteiger partial charge on any atom is -0.381 e. The Hall–Kier alpha value is -0.560. The van der Waals surface area contributed by atoms with Gasteiger partial charge in [-0.2, -0.15) is 0 Å². The molecule has 0 saturated heterocycles. The second kappa shape index (κ2) is 4.61. The fourth-order valence-electron chi connectivity index (χ4n) is 1.36. The highest BCUT2D eigenvalue weighted by Gasteiger charge is 2.30. The molecule has 0 aliphatic rings. The maximum Gasteiger partial charge on any atom is 0.106 e. The minimum atomic E-state index is -0.866. The standard InChI is InChI=1S/C12H22O/c1-7-11(6)8-12(13,9(2)3)10(4)5/h11,13H,2,4,7-8H2,1,3,5-6H3/t11-/m0/s1. The quantitative estimate of drug-likeness (QED) is 0.647. The summed E-state index contributed by atoms with van der Waals surface area (Å²) in [6.45, 7) is 15.6. The molecule has 0 bridgehead atoms. The van der Waals surface area contributed by atoms with Crippen molar-refractivity contribution in [2.45, 2.75) is 46.1 Å². The van der Waals surface area contributed by atoms with Gasteiger partial charge in [-0.25, -0.2) is 0 Å². The van der Waals surface area contributed by atoms with E-state index in [1.54, 1.807) is 0 Å². The van der Waals surface area contributed by atoms with Crippen LogP contribution in [0.15, 0.2) is 24.3 Å². The van der Waals surface area contributed by atoms with Gasteiger partial charge in [0.1, 0.15) is 5.60 Å². The zero-order valence-electron chi connectivity index (χ0n) is 9.35. The Morgan fingerprint density at radius 1 is 1.31 bits per heavy atom. The van der Waals surface area contributed by atoms with Crippen molar-refractivity contribution in [1.29, 1.82) is 0 Å². The van der Waals surface area contributed by atoms with Gasteiger partial charge in [0, 0.05) is 0 Å². The summed E-state index contributed by atoms with van der Waals surface area (Å²) in [5.41, 5.74) is 0.718. The number of aliphatic hydroxyl groups is 1. The summed E-state index contributed by atoms with van der Waals surface area (Å²) in [5.74, 6) is 0.499. The van der Waals surface area contributed by atoms with Gasteiger partial charge >= 0.3 is 0 Å². The van der Waals surface area contributed by atoms with E-state index in [4.69, 9.17) is 0 Å². The Bertz CT molecular complexity index is 189. The average Bonchev–Trinajstić information content (AvgIpc) is 2.03. The summed E-state index contributed by atoms with van der Waals surface area (Å²) >= 11 is 0. The molecule has 0 aromatic rings. The first kappa shape index (κ1) is 12.4. The lowest BCUT2D eigenvalue weighted by molar-refractivity contribution is 0.0899. The van der Waals surface area contributed by atoms with E-state index >= 15 is 0 Å². The van der Waals surface area contributed by atoms with Gasteiger partial charge in [-0.05, 0) is 37.3 Å². The van der Waals surface area contributed by atoms with Crippen LogP contribution in [-0.4, -0.2) is 10.7 Å². The summed E-state index contributed by atoms with van der Waals surface area (Å²) in [5, 5.41) is 10.3. The SMILES string of the molecule is C=C(C)C(O)(C[C@@H](C)CC)C(=C)C. The molecule has 0 aromatic carbocycles. The first-order valence-electron chi connectivity index (χ1n) is 4.89. The molecule has 76 valence electrons. The van der Waals surface area contributed by atoms with Crippen LogP contribution in [0, 0.1) is 5.92 Å². The van der Waals surface area contributed by atoms with Gasteiger partial charge in [-0.15, -0.1) is 0 Å². The highest BCUT2D eigenvalue weighted by molar-refractivity contribution is 5.25. The van der Waals surface area contributed by atoms with Crippen LogP contribution < -0.4 is 0 Å². The van der Waals surface area contributed by atoms with E-state index in [1.165, 1.54) is 0 Å². The van der Waals surface area contributed by atoms with Gasteiger partial charge in [0.2, 0.25) is 0 Å². The molecular formula is C12H22O. The third-order valence-corrected chi connectivity index (χ3v) is 2.75. The van der Waals surface area contributed by atoms with Gasteiger partial charge in [-0.1, -0.05) is 33.4 Å². The monoisotopic (exact) mass is 182 g/mol. The van der Waals surface area contributed by atoms with Crippen molar-refractivity contribution in [2.24, 2.45) is 5.92 Å². The van der Waals surface area contributed by atoms with Crippen LogP contribution in [0.3, 0.4) is 0 Å². The van der Waals surface area contributed by atoms with Crippen LogP contribution in [0.4, 0.5) is 0 Å². The predicted octanol–water partition coefficient (Wildman–Crippen LogP) is 3.31. The Kier molecular flexibility index (Phi) is 4.41. The second-order valence-electron chi connectivity index (χ2n) is 4.14. The number of hydrogen-bond acceptors (Lipinski definition) is 1. The first-order chi connectivity index (χ1) is 5.84. The predicted molar refractivity (Wildman–Crippen MR) is 58.6 cm³/mol. The molecule has 1 N–H and O–H groups in total. The van der Waals surface area contributed by atoms with Gasteiger partial charge < -0.3 is 5.11 Å². The maximum atomic E-state index is 10.3. The normalized spacial score (nSPS) is 13.9. The van der Waals surface area contributed by atoms with E-state index in [0.29, 0.717) is 5.92 Å². The highest BCUT2D eigenvalue weighted by atomic mass is 16.3. The summed E-state index contributed by atoms with van der Waals surface area (Å²) in [4.78, 5) is 0. The third kappa shape index (κ3) is 3.00. The molecule has 1 atom stereocenters. The molecule has 0 heterocycles. The lowest BCUT2D eigenvalue weighted by Crippen LogP contribution is -2.32. The van der Waals surface area contributed by atoms with Crippen molar-refractivity contribution in [3.8, 4) is 0 Å². The second-order valence-corrected chi connectivity index (χ2v) is 4.14. The molecule has 0 rings (SSSR count). The first-order valence-corrected chi connectivity index (χ1v) is 4.89. The van der Waals surface area contributed by atoms with Crippen molar-refractivity contribution in [1.82, 2.24) is 0 Å². The summed E-state index contributed by atoms with van der Waals surface area (Å²) in [6, 6.07) is 0. The topological polar surface area (TPSA) is 20.2 Å². The van der Waals surface area contributed by atoms with Crippen molar-refractivity contribution < 1.29 is 5.11 Å². The smallest absolute Gasteiger partial charge is 0.106 e. The summed E-state index contributed by atoms with van der Waals surface area (Å²) < 4.78 is 0. The van der Waals surface area contributed by atoms with Crippen LogP contribution in [0.1, 0.15) is 40.5 Å². The molecule has 0 aliphatic heterocycles. The van der Waals surface area contributed by atoms with Gasteiger partial charge in [-0.3, -0.25) is 0 Å². The van der Waals surface area contributed by atoms with Crippen LogP contribution in [-0.2, 0) is 0 Å². The van der Waals surface area contributed by atoms with Crippen molar-refractivity contribution >= 4 is 0 Å². The highest BCUT2D eigenvalue weighted by Crippen LogP contribution is 2.31. The zero-order valence-corrected chi connectivity index (χ0v) is 9.35. The Morgan fingerprint density at radius 2 is 1.69 bits per heavy atom.